The Hall–Kier alpha value is -0.330. The minimum Gasteiger partial charge on any atom is -0.312 e. The number of rotatable bonds is 2. The van der Waals surface area contributed by atoms with Gasteiger partial charge in [0.15, 0.2) is 0 Å². The van der Waals surface area contributed by atoms with Gasteiger partial charge in [-0.05, 0) is 31.5 Å². The van der Waals surface area contributed by atoms with Crippen LogP contribution in [0.15, 0.2) is 23.1 Å². The van der Waals surface area contributed by atoms with Gasteiger partial charge in [0, 0.05) is 30.7 Å². The van der Waals surface area contributed by atoms with Crippen molar-refractivity contribution in [1.82, 2.24) is 9.62 Å². The van der Waals surface area contributed by atoms with Crippen LogP contribution in [0.25, 0.3) is 0 Å². The Morgan fingerprint density at radius 1 is 1.42 bits per heavy atom. The lowest BCUT2D eigenvalue weighted by atomic mass is 10.2. The summed E-state index contributed by atoms with van der Waals surface area (Å²) in [6.45, 7) is 5.39. The highest BCUT2D eigenvalue weighted by Crippen LogP contribution is 2.26. The largest absolute Gasteiger partial charge is 0.312 e. The van der Waals surface area contributed by atoms with Gasteiger partial charge in [-0.15, -0.1) is 12.4 Å². The monoisotopic (exact) mass is 324 g/mol. The van der Waals surface area contributed by atoms with E-state index < -0.39 is 10.0 Å². The highest BCUT2D eigenvalue weighted by Gasteiger charge is 2.29. The normalized spacial score (nSPS) is 20.9. The Balaban J connectivity index is 0.00000180. The van der Waals surface area contributed by atoms with Crippen LogP contribution in [0, 0.1) is 6.92 Å². The fourth-order valence-corrected chi connectivity index (χ4v) is 4.13. The molecule has 1 aromatic rings. The van der Waals surface area contributed by atoms with Crippen molar-refractivity contribution < 1.29 is 8.42 Å². The Morgan fingerprint density at radius 3 is 2.74 bits per heavy atom. The third kappa shape index (κ3) is 3.41. The van der Waals surface area contributed by atoms with Crippen LogP contribution >= 0.6 is 24.0 Å². The van der Waals surface area contributed by atoms with Gasteiger partial charge in [-0.2, -0.15) is 4.31 Å². The quantitative estimate of drug-likeness (QED) is 0.905. The van der Waals surface area contributed by atoms with Crippen molar-refractivity contribution in [3.05, 3.63) is 28.8 Å². The van der Waals surface area contributed by atoms with Gasteiger partial charge in [0.2, 0.25) is 10.0 Å². The van der Waals surface area contributed by atoms with Gasteiger partial charge in [-0.3, -0.25) is 0 Å². The van der Waals surface area contributed by atoms with Crippen molar-refractivity contribution in [1.29, 1.82) is 0 Å². The molecule has 1 heterocycles. The molecule has 0 radical (unpaired) electrons. The van der Waals surface area contributed by atoms with E-state index in [2.05, 4.69) is 5.32 Å². The molecule has 0 amide bonds. The maximum atomic E-state index is 12.5. The van der Waals surface area contributed by atoms with Crippen molar-refractivity contribution in [2.75, 3.05) is 19.6 Å². The number of halogens is 2. The van der Waals surface area contributed by atoms with Gasteiger partial charge in [0.25, 0.3) is 0 Å². The molecular weight excluding hydrogens is 307 g/mol. The summed E-state index contributed by atoms with van der Waals surface area (Å²) in [6.07, 6.45) is 0. The molecule has 108 valence electrons. The van der Waals surface area contributed by atoms with E-state index in [1.165, 1.54) is 4.31 Å². The molecule has 1 fully saturated rings. The highest BCUT2D eigenvalue weighted by atomic mass is 35.5. The summed E-state index contributed by atoms with van der Waals surface area (Å²) in [7, 11) is -3.44. The second-order valence-corrected chi connectivity index (χ2v) is 6.89. The highest BCUT2D eigenvalue weighted by molar-refractivity contribution is 7.89. The zero-order valence-electron chi connectivity index (χ0n) is 10.9. The molecule has 1 saturated heterocycles. The van der Waals surface area contributed by atoms with Crippen molar-refractivity contribution in [2.24, 2.45) is 0 Å². The summed E-state index contributed by atoms with van der Waals surface area (Å²) >= 11 is 5.99. The number of piperazine rings is 1. The molecule has 1 N–H and O–H groups in total. The second kappa shape index (κ2) is 6.41. The van der Waals surface area contributed by atoms with Gasteiger partial charge in [0.05, 0.1) is 4.90 Å². The maximum absolute atomic E-state index is 12.5. The molecule has 1 aliphatic heterocycles. The summed E-state index contributed by atoms with van der Waals surface area (Å²) in [5.41, 5.74) is 0.616. The van der Waals surface area contributed by atoms with Gasteiger partial charge in [0.1, 0.15) is 0 Å². The standard InChI is InChI=1S/C12H17ClN2O2S.ClH/c1-9-8-15(7-6-14-9)18(16,17)12-5-3-4-11(13)10(12)2;/h3-5,9,14H,6-8H2,1-2H3;1H. The van der Waals surface area contributed by atoms with Crippen molar-refractivity contribution in [3.63, 3.8) is 0 Å². The number of nitrogens with one attached hydrogen (secondary N) is 1. The van der Waals surface area contributed by atoms with Crippen LogP contribution in [0.1, 0.15) is 12.5 Å². The Morgan fingerprint density at radius 2 is 2.11 bits per heavy atom. The van der Waals surface area contributed by atoms with E-state index in [9.17, 15) is 8.42 Å². The van der Waals surface area contributed by atoms with E-state index >= 15 is 0 Å². The minimum atomic E-state index is -3.44. The van der Waals surface area contributed by atoms with E-state index in [1.807, 2.05) is 6.92 Å². The molecule has 7 heteroatoms. The summed E-state index contributed by atoms with van der Waals surface area (Å²) in [5, 5.41) is 3.71. The van der Waals surface area contributed by atoms with Crippen LogP contribution in [-0.2, 0) is 10.0 Å². The predicted octanol–water partition coefficient (Wildman–Crippen LogP) is 2.05. The molecule has 0 aliphatic carbocycles. The summed E-state index contributed by atoms with van der Waals surface area (Å²) in [6, 6.07) is 5.17. The van der Waals surface area contributed by atoms with Crippen LogP contribution in [-0.4, -0.2) is 38.4 Å². The van der Waals surface area contributed by atoms with E-state index in [-0.39, 0.29) is 18.4 Å². The van der Waals surface area contributed by atoms with Crippen molar-refractivity contribution >= 4 is 34.0 Å². The van der Waals surface area contributed by atoms with E-state index in [0.29, 0.717) is 35.1 Å². The topological polar surface area (TPSA) is 49.4 Å². The van der Waals surface area contributed by atoms with E-state index in [0.717, 1.165) is 0 Å². The number of benzene rings is 1. The Bertz CT molecular complexity index is 549. The van der Waals surface area contributed by atoms with Crippen LogP contribution in [0.5, 0.6) is 0 Å². The first kappa shape index (κ1) is 16.7. The fourth-order valence-electron chi connectivity index (χ4n) is 2.12. The zero-order valence-corrected chi connectivity index (χ0v) is 13.3. The van der Waals surface area contributed by atoms with Crippen LogP contribution in [0.4, 0.5) is 0 Å². The third-order valence-electron chi connectivity index (χ3n) is 3.17. The molecular formula is C12H18Cl2N2O2S. The Kier molecular flexibility index (Phi) is 5.65. The van der Waals surface area contributed by atoms with Crippen LogP contribution in [0.2, 0.25) is 5.02 Å². The van der Waals surface area contributed by atoms with Gasteiger partial charge < -0.3 is 5.32 Å². The molecule has 0 aromatic heterocycles. The zero-order chi connectivity index (χ0) is 13.3. The second-order valence-electron chi connectivity index (χ2n) is 4.58. The van der Waals surface area contributed by atoms with Gasteiger partial charge >= 0.3 is 0 Å². The average molecular weight is 325 g/mol. The lowest BCUT2D eigenvalue weighted by molar-refractivity contribution is 0.310. The molecule has 0 bridgehead atoms. The number of nitrogens with zero attached hydrogens (tertiary/aromatic N) is 1. The van der Waals surface area contributed by atoms with E-state index in [4.69, 9.17) is 11.6 Å². The first-order valence-corrected chi connectivity index (χ1v) is 7.73. The lowest BCUT2D eigenvalue weighted by Crippen LogP contribution is -2.51. The summed E-state index contributed by atoms with van der Waals surface area (Å²) in [4.78, 5) is 0.309. The first-order valence-electron chi connectivity index (χ1n) is 5.91. The summed E-state index contributed by atoms with van der Waals surface area (Å²) < 4.78 is 26.6. The molecule has 2 rings (SSSR count). The summed E-state index contributed by atoms with van der Waals surface area (Å²) in [5.74, 6) is 0. The lowest BCUT2D eigenvalue weighted by Gasteiger charge is -2.31. The molecule has 0 saturated carbocycles. The molecule has 1 atom stereocenters. The average Bonchev–Trinajstić information content (AvgIpc) is 2.32. The molecule has 1 aromatic carbocycles. The van der Waals surface area contributed by atoms with E-state index in [1.54, 1.807) is 25.1 Å². The van der Waals surface area contributed by atoms with Crippen molar-refractivity contribution in [3.8, 4) is 0 Å². The third-order valence-corrected chi connectivity index (χ3v) is 5.59. The Labute approximate surface area is 125 Å². The van der Waals surface area contributed by atoms with Crippen molar-refractivity contribution in [2.45, 2.75) is 24.8 Å². The van der Waals surface area contributed by atoms with Gasteiger partial charge in [-0.25, -0.2) is 8.42 Å². The fraction of sp³-hybridized carbons (Fsp3) is 0.500. The smallest absolute Gasteiger partial charge is 0.243 e. The number of hydrogen-bond acceptors (Lipinski definition) is 3. The molecule has 1 aliphatic rings. The van der Waals surface area contributed by atoms with Crippen LogP contribution in [0.3, 0.4) is 0 Å². The molecule has 0 spiro atoms. The van der Waals surface area contributed by atoms with Gasteiger partial charge in [-0.1, -0.05) is 17.7 Å². The number of hydrogen-bond donors (Lipinski definition) is 1. The predicted molar refractivity (Wildman–Crippen MR) is 79.7 cm³/mol. The first-order chi connectivity index (χ1) is 8.43. The molecule has 4 nitrogen and oxygen atoms in total. The molecule has 19 heavy (non-hydrogen) atoms. The minimum absolute atomic E-state index is 0. The molecule has 1 unspecified atom stereocenters. The number of sulfonamides is 1. The SMILES string of the molecule is Cc1c(Cl)cccc1S(=O)(=O)N1CCNC(C)C1.Cl. The van der Waals surface area contributed by atoms with Crippen LogP contribution < -0.4 is 5.32 Å². The maximum Gasteiger partial charge on any atom is 0.243 e.